The molecule has 0 unspecified atom stereocenters. The molecule has 0 fully saturated rings. The summed E-state index contributed by atoms with van der Waals surface area (Å²) < 4.78 is 13.7. The summed E-state index contributed by atoms with van der Waals surface area (Å²) in [4.78, 5) is 45.0. The largest absolute Gasteiger partial charge is 0.352 e. The summed E-state index contributed by atoms with van der Waals surface area (Å²) >= 11 is 0. The smallest absolute Gasteiger partial charge is 0.248 e. The molecular weight excluding hydrogens is 459 g/mol. The molecule has 0 aliphatic rings. The van der Waals surface area contributed by atoms with Crippen molar-refractivity contribution >= 4 is 29.2 Å². The van der Waals surface area contributed by atoms with Gasteiger partial charge in [-0.25, -0.2) is 9.37 Å². The molecule has 3 rings (SSSR count). The van der Waals surface area contributed by atoms with Gasteiger partial charge in [-0.3, -0.25) is 19.3 Å². The van der Waals surface area contributed by atoms with E-state index in [1.165, 1.54) is 29.2 Å². The highest BCUT2D eigenvalue weighted by Crippen LogP contribution is 2.31. The number of rotatable bonds is 9. The number of carbonyl (C=O) groups is 3. The van der Waals surface area contributed by atoms with E-state index in [0.717, 1.165) is 11.1 Å². The van der Waals surface area contributed by atoms with E-state index >= 15 is 0 Å². The average Bonchev–Trinajstić information content (AvgIpc) is 2.84. The topological polar surface area (TPSA) is 91.4 Å². The Hall–Kier alpha value is -4.07. The Kier molecular flexibility index (Phi) is 8.89. The minimum Gasteiger partial charge on any atom is -0.352 e. The van der Waals surface area contributed by atoms with Crippen LogP contribution in [0.2, 0.25) is 0 Å². The maximum atomic E-state index is 13.7. The molecule has 36 heavy (non-hydrogen) atoms. The summed E-state index contributed by atoms with van der Waals surface area (Å²) in [7, 11) is 0. The van der Waals surface area contributed by atoms with Gasteiger partial charge in [0.1, 0.15) is 17.7 Å². The third kappa shape index (κ3) is 6.97. The number of benzene rings is 2. The third-order valence-electron chi connectivity index (χ3n) is 5.66. The number of amides is 3. The second-order valence-corrected chi connectivity index (χ2v) is 8.91. The van der Waals surface area contributed by atoms with Gasteiger partial charge in [-0.05, 0) is 80.8 Å². The Balaban J connectivity index is 1.96. The van der Waals surface area contributed by atoms with Gasteiger partial charge in [-0.15, -0.1) is 0 Å². The van der Waals surface area contributed by atoms with Crippen LogP contribution in [0.3, 0.4) is 0 Å². The molecule has 188 valence electrons. The van der Waals surface area contributed by atoms with Crippen molar-refractivity contribution in [3.8, 4) is 0 Å². The molecule has 2 aromatic carbocycles. The monoisotopic (exact) mass is 490 g/mol. The second kappa shape index (κ2) is 12.1. The molecule has 0 saturated heterocycles. The molecule has 0 aliphatic heterocycles. The number of nitrogens with one attached hydrogen (secondary N) is 2. The first-order valence-corrected chi connectivity index (χ1v) is 11.8. The van der Waals surface area contributed by atoms with E-state index < -0.39 is 23.7 Å². The number of nitrogens with zero attached hydrogens (tertiary/aromatic N) is 2. The number of hydrogen-bond donors (Lipinski definition) is 2. The van der Waals surface area contributed by atoms with Crippen LogP contribution in [-0.4, -0.2) is 28.7 Å². The SMILES string of the molecule is Cc1ccc(N(C(=O)CCC(=O)Nc2ccccn2)[C@H](C(=O)NC(C)C)c2ccc(F)cc2)cc1C. The lowest BCUT2D eigenvalue weighted by Crippen LogP contribution is -2.46. The molecular formula is C28H31FN4O3. The molecule has 2 N–H and O–H groups in total. The summed E-state index contributed by atoms with van der Waals surface area (Å²) in [5, 5.41) is 5.54. The van der Waals surface area contributed by atoms with Crippen molar-refractivity contribution in [1.82, 2.24) is 10.3 Å². The lowest BCUT2D eigenvalue weighted by atomic mass is 10.0. The molecule has 0 spiro atoms. The number of halogens is 1. The van der Waals surface area contributed by atoms with Crippen LogP contribution in [0, 0.1) is 19.7 Å². The van der Waals surface area contributed by atoms with E-state index in [0.29, 0.717) is 17.1 Å². The molecule has 0 saturated carbocycles. The first-order chi connectivity index (χ1) is 17.2. The fourth-order valence-corrected chi connectivity index (χ4v) is 3.72. The Labute approximate surface area is 210 Å². The zero-order chi connectivity index (χ0) is 26.2. The fraction of sp³-hybridized carbons (Fsp3) is 0.286. The lowest BCUT2D eigenvalue weighted by Gasteiger charge is -2.32. The van der Waals surface area contributed by atoms with Gasteiger partial charge in [0.25, 0.3) is 0 Å². The molecule has 1 heterocycles. The second-order valence-electron chi connectivity index (χ2n) is 8.91. The molecule has 7 nitrogen and oxygen atoms in total. The van der Waals surface area contributed by atoms with Crippen molar-refractivity contribution in [2.45, 2.75) is 52.6 Å². The van der Waals surface area contributed by atoms with Crippen molar-refractivity contribution < 1.29 is 18.8 Å². The van der Waals surface area contributed by atoms with Crippen LogP contribution in [0.25, 0.3) is 0 Å². The van der Waals surface area contributed by atoms with Crippen LogP contribution in [-0.2, 0) is 14.4 Å². The predicted octanol–water partition coefficient (Wildman–Crippen LogP) is 4.86. The van der Waals surface area contributed by atoms with E-state index in [1.807, 2.05) is 39.8 Å². The van der Waals surface area contributed by atoms with Crippen LogP contribution in [0.1, 0.15) is 49.4 Å². The molecule has 3 amide bonds. The summed E-state index contributed by atoms with van der Waals surface area (Å²) in [5.41, 5.74) is 2.95. The van der Waals surface area contributed by atoms with Crippen molar-refractivity contribution in [2.75, 3.05) is 10.2 Å². The Bertz CT molecular complexity index is 1210. The summed E-state index contributed by atoms with van der Waals surface area (Å²) in [5.74, 6) is -1.24. The van der Waals surface area contributed by atoms with Gasteiger partial charge in [0, 0.05) is 30.8 Å². The Morgan fingerprint density at radius 2 is 1.67 bits per heavy atom. The minimum absolute atomic E-state index is 0.0985. The zero-order valence-corrected chi connectivity index (χ0v) is 20.9. The number of hydrogen-bond acceptors (Lipinski definition) is 4. The Morgan fingerprint density at radius 1 is 0.944 bits per heavy atom. The minimum atomic E-state index is -1.05. The highest BCUT2D eigenvalue weighted by atomic mass is 19.1. The van der Waals surface area contributed by atoms with Gasteiger partial charge in [-0.1, -0.05) is 24.3 Å². The van der Waals surface area contributed by atoms with E-state index in [4.69, 9.17) is 0 Å². The average molecular weight is 491 g/mol. The third-order valence-corrected chi connectivity index (χ3v) is 5.66. The van der Waals surface area contributed by atoms with Crippen molar-refractivity contribution in [3.05, 3.63) is 89.4 Å². The quantitative estimate of drug-likeness (QED) is 0.448. The van der Waals surface area contributed by atoms with Crippen LogP contribution in [0.5, 0.6) is 0 Å². The van der Waals surface area contributed by atoms with E-state index in [9.17, 15) is 18.8 Å². The normalized spacial score (nSPS) is 11.6. The van der Waals surface area contributed by atoms with Crippen molar-refractivity contribution in [2.24, 2.45) is 0 Å². The summed E-state index contributed by atoms with van der Waals surface area (Å²) in [6.45, 7) is 7.52. The summed E-state index contributed by atoms with van der Waals surface area (Å²) in [6.07, 6.45) is 1.32. The first kappa shape index (κ1) is 26.5. The van der Waals surface area contributed by atoms with Gasteiger partial charge in [0.2, 0.25) is 17.7 Å². The molecule has 8 heteroatoms. The number of aryl methyl sites for hydroxylation is 2. The standard InChI is InChI=1S/C28H31FN4O3/c1-18(2)31-28(36)27(21-9-11-22(29)12-10-21)33(23-13-8-19(3)20(4)17-23)26(35)15-14-25(34)32-24-7-5-6-16-30-24/h5-13,16-18,27H,14-15H2,1-4H3,(H,31,36)(H,30,32,34)/t27-/m0/s1. The highest BCUT2D eigenvalue weighted by Gasteiger charge is 2.33. The molecule has 0 bridgehead atoms. The lowest BCUT2D eigenvalue weighted by molar-refractivity contribution is -0.127. The van der Waals surface area contributed by atoms with Gasteiger partial charge < -0.3 is 10.6 Å². The summed E-state index contributed by atoms with van der Waals surface area (Å²) in [6, 6.07) is 14.9. The first-order valence-electron chi connectivity index (χ1n) is 11.8. The number of anilines is 2. The van der Waals surface area contributed by atoms with E-state index in [-0.39, 0.29) is 24.8 Å². The van der Waals surface area contributed by atoms with Gasteiger partial charge in [0.05, 0.1) is 0 Å². The van der Waals surface area contributed by atoms with Gasteiger partial charge >= 0.3 is 0 Å². The van der Waals surface area contributed by atoms with Crippen LogP contribution < -0.4 is 15.5 Å². The number of aromatic nitrogens is 1. The molecule has 1 aromatic heterocycles. The molecule has 0 radical (unpaired) electrons. The van der Waals surface area contributed by atoms with Crippen LogP contribution in [0.4, 0.5) is 15.9 Å². The number of carbonyl (C=O) groups excluding carboxylic acids is 3. The zero-order valence-electron chi connectivity index (χ0n) is 20.9. The predicted molar refractivity (Wildman–Crippen MR) is 138 cm³/mol. The maximum absolute atomic E-state index is 13.7. The van der Waals surface area contributed by atoms with Crippen LogP contribution >= 0.6 is 0 Å². The van der Waals surface area contributed by atoms with Gasteiger partial charge in [0.15, 0.2) is 0 Å². The maximum Gasteiger partial charge on any atom is 0.248 e. The molecule has 1 atom stereocenters. The van der Waals surface area contributed by atoms with Crippen LogP contribution in [0.15, 0.2) is 66.9 Å². The highest BCUT2D eigenvalue weighted by molar-refractivity contribution is 6.03. The van der Waals surface area contributed by atoms with Gasteiger partial charge in [-0.2, -0.15) is 0 Å². The van der Waals surface area contributed by atoms with E-state index in [2.05, 4.69) is 15.6 Å². The van der Waals surface area contributed by atoms with Crippen molar-refractivity contribution in [1.29, 1.82) is 0 Å². The fourth-order valence-electron chi connectivity index (χ4n) is 3.72. The molecule has 0 aliphatic carbocycles. The molecule has 3 aromatic rings. The van der Waals surface area contributed by atoms with Crippen molar-refractivity contribution in [3.63, 3.8) is 0 Å². The Morgan fingerprint density at radius 3 is 2.28 bits per heavy atom. The number of pyridine rings is 1. The van der Waals surface area contributed by atoms with E-state index in [1.54, 1.807) is 30.5 Å².